The number of amidine groups is 1. The maximum absolute atomic E-state index is 12.4. The van der Waals surface area contributed by atoms with Crippen molar-refractivity contribution in [1.82, 2.24) is 4.90 Å². The van der Waals surface area contributed by atoms with Crippen LogP contribution in [0.25, 0.3) is 6.08 Å². The Hall–Kier alpha value is -2.53. The van der Waals surface area contributed by atoms with Gasteiger partial charge in [-0.1, -0.05) is 42.1 Å². The molecule has 5 heteroatoms. The monoisotopic (exact) mass is 336 g/mol. The second kappa shape index (κ2) is 6.53. The van der Waals surface area contributed by atoms with Crippen LogP contribution in [0.15, 0.2) is 65.3 Å². The van der Waals surface area contributed by atoms with Gasteiger partial charge in [0.1, 0.15) is 17.2 Å². The Balaban J connectivity index is 1.58. The Morgan fingerprint density at radius 3 is 2.75 bits per heavy atom. The Kier molecular flexibility index (Phi) is 4.09. The van der Waals surface area contributed by atoms with E-state index in [0.717, 1.165) is 40.9 Å². The lowest BCUT2D eigenvalue weighted by molar-refractivity contribution is -0.122. The molecular formula is C19H16N2O2S. The first kappa shape index (κ1) is 15.0. The third-order valence-electron chi connectivity index (χ3n) is 3.81. The molecule has 2 aromatic rings. The first-order chi connectivity index (χ1) is 11.8. The van der Waals surface area contributed by atoms with Crippen molar-refractivity contribution < 1.29 is 9.53 Å². The topological polar surface area (TPSA) is 41.9 Å². The molecule has 0 atom stereocenters. The van der Waals surface area contributed by atoms with Crippen LogP contribution in [0, 0.1) is 0 Å². The van der Waals surface area contributed by atoms with E-state index in [0.29, 0.717) is 5.70 Å². The molecule has 0 bridgehead atoms. The van der Waals surface area contributed by atoms with E-state index >= 15 is 0 Å². The Labute approximate surface area is 144 Å². The number of benzene rings is 2. The second-order valence-electron chi connectivity index (χ2n) is 5.57. The molecule has 0 N–H and O–H groups in total. The first-order valence-electron chi connectivity index (χ1n) is 7.88. The van der Waals surface area contributed by atoms with E-state index in [1.54, 1.807) is 16.7 Å². The highest BCUT2D eigenvalue weighted by Gasteiger charge is 2.32. The SMILES string of the molecule is O=C1/C(=C/c2cccc(Oc3ccccc3)c2)N=C2SCCCN12. The van der Waals surface area contributed by atoms with Crippen molar-refractivity contribution in [2.75, 3.05) is 12.3 Å². The van der Waals surface area contributed by atoms with Gasteiger partial charge in [-0.05, 0) is 42.3 Å². The molecule has 4 rings (SSSR count). The lowest BCUT2D eigenvalue weighted by Gasteiger charge is -2.21. The third kappa shape index (κ3) is 3.08. The summed E-state index contributed by atoms with van der Waals surface area (Å²) in [6, 6.07) is 17.3. The van der Waals surface area contributed by atoms with Crippen LogP contribution in [-0.2, 0) is 4.79 Å². The predicted octanol–water partition coefficient (Wildman–Crippen LogP) is 4.15. The molecule has 0 radical (unpaired) electrons. The lowest BCUT2D eigenvalue weighted by Crippen LogP contribution is -2.34. The number of thioether (sulfide) groups is 1. The van der Waals surface area contributed by atoms with Gasteiger partial charge in [0.25, 0.3) is 5.91 Å². The maximum Gasteiger partial charge on any atom is 0.278 e. The van der Waals surface area contributed by atoms with Gasteiger partial charge in [0, 0.05) is 12.3 Å². The maximum atomic E-state index is 12.4. The van der Waals surface area contributed by atoms with Crippen molar-refractivity contribution in [2.45, 2.75) is 6.42 Å². The van der Waals surface area contributed by atoms with Crippen LogP contribution in [0.1, 0.15) is 12.0 Å². The summed E-state index contributed by atoms with van der Waals surface area (Å²) in [5, 5.41) is 0.828. The van der Waals surface area contributed by atoms with E-state index in [2.05, 4.69) is 4.99 Å². The van der Waals surface area contributed by atoms with Gasteiger partial charge in [-0.3, -0.25) is 9.69 Å². The Morgan fingerprint density at radius 1 is 1.08 bits per heavy atom. The van der Waals surface area contributed by atoms with E-state index < -0.39 is 0 Å². The smallest absolute Gasteiger partial charge is 0.278 e. The van der Waals surface area contributed by atoms with Crippen molar-refractivity contribution >= 4 is 28.9 Å². The van der Waals surface area contributed by atoms with Crippen molar-refractivity contribution in [3.8, 4) is 11.5 Å². The number of amides is 1. The minimum Gasteiger partial charge on any atom is -0.457 e. The predicted molar refractivity (Wildman–Crippen MR) is 97.2 cm³/mol. The number of hydrogen-bond donors (Lipinski definition) is 0. The molecule has 0 saturated carbocycles. The average molecular weight is 336 g/mol. The molecule has 0 aromatic heterocycles. The molecule has 2 aliphatic rings. The number of carbonyl (C=O) groups is 1. The summed E-state index contributed by atoms with van der Waals surface area (Å²) in [7, 11) is 0. The summed E-state index contributed by atoms with van der Waals surface area (Å²) >= 11 is 1.65. The molecule has 4 nitrogen and oxygen atoms in total. The number of carbonyl (C=O) groups excluding carboxylic acids is 1. The molecule has 1 fully saturated rings. The molecule has 1 amide bonds. The highest BCUT2D eigenvalue weighted by Crippen LogP contribution is 2.29. The number of aliphatic imine (C=N–C) groups is 1. The molecule has 2 heterocycles. The van der Waals surface area contributed by atoms with Crippen LogP contribution < -0.4 is 4.74 Å². The van der Waals surface area contributed by atoms with E-state index in [1.807, 2.05) is 60.7 Å². The zero-order valence-electron chi connectivity index (χ0n) is 13.0. The largest absolute Gasteiger partial charge is 0.457 e. The summed E-state index contributed by atoms with van der Waals surface area (Å²) in [6.07, 6.45) is 2.84. The third-order valence-corrected chi connectivity index (χ3v) is 4.87. The molecule has 0 aliphatic carbocycles. The van der Waals surface area contributed by atoms with E-state index in [9.17, 15) is 4.79 Å². The van der Waals surface area contributed by atoms with Crippen molar-refractivity contribution in [3.05, 3.63) is 65.9 Å². The molecular weight excluding hydrogens is 320 g/mol. The molecule has 2 aliphatic heterocycles. The minimum absolute atomic E-state index is 0.00780. The molecule has 0 spiro atoms. The van der Waals surface area contributed by atoms with Gasteiger partial charge in [0.05, 0.1) is 0 Å². The van der Waals surface area contributed by atoms with Crippen molar-refractivity contribution in [3.63, 3.8) is 0 Å². The van der Waals surface area contributed by atoms with Gasteiger partial charge < -0.3 is 4.74 Å². The molecule has 24 heavy (non-hydrogen) atoms. The van der Waals surface area contributed by atoms with Gasteiger partial charge in [0.15, 0.2) is 5.17 Å². The fourth-order valence-electron chi connectivity index (χ4n) is 2.67. The fraction of sp³-hybridized carbons (Fsp3) is 0.158. The zero-order chi connectivity index (χ0) is 16.4. The van der Waals surface area contributed by atoms with E-state index in [4.69, 9.17) is 4.74 Å². The number of para-hydroxylation sites is 1. The molecule has 2 aromatic carbocycles. The van der Waals surface area contributed by atoms with E-state index in [-0.39, 0.29) is 5.91 Å². The van der Waals surface area contributed by atoms with Crippen LogP contribution in [0.4, 0.5) is 0 Å². The van der Waals surface area contributed by atoms with Crippen LogP contribution in [-0.4, -0.2) is 28.3 Å². The highest BCUT2D eigenvalue weighted by molar-refractivity contribution is 8.13. The van der Waals surface area contributed by atoms with Crippen LogP contribution in [0.2, 0.25) is 0 Å². The number of fused-ring (bicyclic) bond motifs is 1. The van der Waals surface area contributed by atoms with E-state index in [1.165, 1.54) is 0 Å². The van der Waals surface area contributed by atoms with Crippen LogP contribution >= 0.6 is 11.8 Å². The summed E-state index contributed by atoms with van der Waals surface area (Å²) in [6.45, 7) is 0.763. The average Bonchev–Trinajstić information content (AvgIpc) is 2.92. The summed E-state index contributed by atoms with van der Waals surface area (Å²) < 4.78 is 5.84. The number of nitrogens with zero attached hydrogens (tertiary/aromatic N) is 2. The van der Waals surface area contributed by atoms with Gasteiger partial charge >= 0.3 is 0 Å². The van der Waals surface area contributed by atoms with Crippen LogP contribution in [0.3, 0.4) is 0 Å². The summed E-state index contributed by atoms with van der Waals surface area (Å²) in [5.74, 6) is 2.54. The summed E-state index contributed by atoms with van der Waals surface area (Å²) in [4.78, 5) is 18.7. The Morgan fingerprint density at radius 2 is 1.92 bits per heavy atom. The van der Waals surface area contributed by atoms with Crippen molar-refractivity contribution in [1.29, 1.82) is 0 Å². The molecule has 1 saturated heterocycles. The van der Waals surface area contributed by atoms with Crippen LogP contribution in [0.5, 0.6) is 11.5 Å². The van der Waals surface area contributed by atoms with Gasteiger partial charge in [-0.2, -0.15) is 0 Å². The zero-order valence-corrected chi connectivity index (χ0v) is 13.8. The standard InChI is InChI=1S/C19H16N2O2S/c22-18-17(20-19-21(18)10-5-11-24-19)13-14-6-4-9-16(12-14)23-15-7-2-1-3-8-15/h1-4,6-9,12-13H,5,10-11H2/b17-13-. The Bertz CT molecular complexity index is 830. The van der Waals surface area contributed by atoms with Gasteiger partial charge in [-0.15, -0.1) is 0 Å². The normalized spacial score (nSPS) is 18.5. The van der Waals surface area contributed by atoms with Crippen molar-refractivity contribution in [2.24, 2.45) is 4.99 Å². The summed E-state index contributed by atoms with van der Waals surface area (Å²) in [5.41, 5.74) is 1.40. The van der Waals surface area contributed by atoms with Gasteiger partial charge in [0.2, 0.25) is 0 Å². The number of ether oxygens (including phenoxy) is 1. The minimum atomic E-state index is -0.00780. The highest BCUT2D eigenvalue weighted by atomic mass is 32.2. The van der Waals surface area contributed by atoms with Gasteiger partial charge in [-0.25, -0.2) is 4.99 Å². The molecule has 120 valence electrons. The molecule has 0 unspecified atom stereocenters. The lowest BCUT2D eigenvalue weighted by atomic mass is 10.2. The fourth-order valence-corrected chi connectivity index (χ4v) is 3.62. The number of hydrogen-bond acceptors (Lipinski definition) is 4. The second-order valence-corrected chi connectivity index (χ2v) is 6.63. The quantitative estimate of drug-likeness (QED) is 0.791. The number of rotatable bonds is 3. The first-order valence-corrected chi connectivity index (χ1v) is 8.86.